The van der Waals surface area contributed by atoms with E-state index in [0.717, 1.165) is 43.9 Å². The lowest BCUT2D eigenvalue weighted by Crippen LogP contribution is -2.47. The third kappa shape index (κ3) is 3.88. The van der Waals surface area contributed by atoms with E-state index in [2.05, 4.69) is 19.9 Å². The van der Waals surface area contributed by atoms with Crippen LogP contribution in [0.5, 0.6) is 0 Å². The smallest absolute Gasteiger partial charge is 0.274 e. The lowest BCUT2D eigenvalue weighted by molar-refractivity contribution is -0.0801. The molecular formula is C22H29N7O3. The lowest BCUT2D eigenvalue weighted by atomic mass is 9.83. The Morgan fingerprint density at radius 1 is 1.03 bits per heavy atom. The van der Waals surface area contributed by atoms with Crippen LogP contribution in [0.25, 0.3) is 0 Å². The molecule has 0 radical (unpaired) electrons. The Kier molecular flexibility index (Phi) is 5.64. The first-order valence-electron chi connectivity index (χ1n) is 11.2. The van der Waals surface area contributed by atoms with E-state index in [1.54, 1.807) is 17.3 Å². The highest BCUT2D eigenvalue weighted by atomic mass is 16.5. The lowest BCUT2D eigenvalue weighted by Gasteiger charge is -2.44. The predicted octanol–water partition coefficient (Wildman–Crippen LogP) is 0.873. The molecule has 5 heterocycles. The maximum Gasteiger partial charge on any atom is 0.274 e. The second kappa shape index (κ2) is 8.59. The minimum Gasteiger partial charge on any atom is -0.378 e. The van der Waals surface area contributed by atoms with Crippen LogP contribution in [0, 0.1) is 0 Å². The molecule has 1 amide bonds. The fourth-order valence-corrected chi connectivity index (χ4v) is 4.63. The van der Waals surface area contributed by atoms with Gasteiger partial charge in [0, 0.05) is 46.5 Å². The number of morpholine rings is 1. The van der Waals surface area contributed by atoms with Crippen LogP contribution in [0.3, 0.4) is 0 Å². The topological polar surface area (TPSA) is 96.8 Å². The van der Waals surface area contributed by atoms with Crippen LogP contribution in [-0.4, -0.2) is 90.8 Å². The van der Waals surface area contributed by atoms with E-state index >= 15 is 0 Å². The Morgan fingerprint density at radius 2 is 1.81 bits per heavy atom. The van der Waals surface area contributed by atoms with Crippen molar-refractivity contribution in [3.63, 3.8) is 0 Å². The van der Waals surface area contributed by atoms with Crippen LogP contribution in [0.15, 0.2) is 18.6 Å². The highest BCUT2D eigenvalue weighted by molar-refractivity contribution is 5.92. The average molecular weight is 440 g/mol. The molecule has 0 atom stereocenters. The summed E-state index contributed by atoms with van der Waals surface area (Å²) >= 11 is 0. The molecule has 5 rings (SSSR count). The summed E-state index contributed by atoms with van der Waals surface area (Å²) in [7, 11) is 3.90. The van der Waals surface area contributed by atoms with Crippen LogP contribution in [-0.2, 0) is 21.5 Å². The highest BCUT2D eigenvalue weighted by Gasteiger charge is 2.43. The normalized spacial score (nSPS) is 20.2. The Morgan fingerprint density at radius 3 is 2.56 bits per heavy atom. The quantitative estimate of drug-likeness (QED) is 0.690. The van der Waals surface area contributed by atoms with Gasteiger partial charge in [0.05, 0.1) is 37.9 Å². The van der Waals surface area contributed by atoms with E-state index in [4.69, 9.17) is 14.5 Å². The van der Waals surface area contributed by atoms with Gasteiger partial charge in [-0.2, -0.15) is 0 Å². The predicted molar refractivity (Wildman–Crippen MR) is 118 cm³/mol. The molecule has 32 heavy (non-hydrogen) atoms. The fourth-order valence-electron chi connectivity index (χ4n) is 4.63. The van der Waals surface area contributed by atoms with E-state index in [-0.39, 0.29) is 5.91 Å². The maximum atomic E-state index is 12.8. The number of hydrogen-bond donors (Lipinski definition) is 0. The second-order valence-corrected chi connectivity index (χ2v) is 8.69. The number of carbonyl (C=O) groups excluding carboxylic acids is 1. The molecular weight excluding hydrogens is 410 g/mol. The van der Waals surface area contributed by atoms with E-state index in [0.29, 0.717) is 44.6 Å². The molecule has 0 N–H and O–H groups in total. The van der Waals surface area contributed by atoms with E-state index < -0.39 is 5.60 Å². The Hall–Kier alpha value is -2.85. The molecule has 10 nitrogen and oxygen atoms in total. The molecule has 0 bridgehead atoms. The van der Waals surface area contributed by atoms with Crippen molar-refractivity contribution in [3.05, 3.63) is 35.5 Å². The molecule has 10 heteroatoms. The summed E-state index contributed by atoms with van der Waals surface area (Å²) in [4.78, 5) is 37.0. The van der Waals surface area contributed by atoms with Crippen molar-refractivity contribution < 1.29 is 14.3 Å². The third-order valence-electron chi connectivity index (χ3n) is 6.47. The zero-order chi connectivity index (χ0) is 22.1. The average Bonchev–Trinajstić information content (AvgIpc) is 2.85. The molecule has 3 aliphatic heterocycles. The molecule has 1 spiro atoms. The van der Waals surface area contributed by atoms with Gasteiger partial charge in [0.15, 0.2) is 0 Å². The van der Waals surface area contributed by atoms with Gasteiger partial charge in [-0.25, -0.2) is 15.0 Å². The molecule has 0 aliphatic carbocycles. The summed E-state index contributed by atoms with van der Waals surface area (Å²) in [6.45, 7) is 4.49. The zero-order valence-electron chi connectivity index (χ0n) is 18.7. The molecule has 170 valence electrons. The number of ether oxygens (including phenoxy) is 2. The first-order valence-corrected chi connectivity index (χ1v) is 11.2. The van der Waals surface area contributed by atoms with Crippen molar-refractivity contribution >= 4 is 17.7 Å². The standard InChI is InChI=1S/C22H29N7O3/c1-27(2)21-24-13-16-3-10-32-22(19(16)26-21)4-6-28(7-5-22)18-15-23-14-17(25-18)20(30)29-8-11-31-12-9-29/h13-15H,3-12H2,1-2H3. The number of aromatic nitrogens is 4. The third-order valence-corrected chi connectivity index (χ3v) is 6.47. The largest absolute Gasteiger partial charge is 0.378 e. The highest BCUT2D eigenvalue weighted by Crippen LogP contribution is 2.41. The first kappa shape index (κ1) is 21.0. The van der Waals surface area contributed by atoms with Crippen molar-refractivity contribution in [2.75, 3.05) is 69.9 Å². The van der Waals surface area contributed by atoms with Gasteiger partial charge in [-0.15, -0.1) is 0 Å². The van der Waals surface area contributed by atoms with Crippen LogP contribution in [0.2, 0.25) is 0 Å². The fraction of sp³-hybridized carbons (Fsp3) is 0.591. The number of piperidine rings is 1. The Labute approximate surface area is 187 Å². The van der Waals surface area contributed by atoms with Gasteiger partial charge >= 0.3 is 0 Å². The summed E-state index contributed by atoms with van der Waals surface area (Å²) in [6.07, 6.45) is 7.66. The van der Waals surface area contributed by atoms with Crippen LogP contribution >= 0.6 is 0 Å². The molecule has 0 saturated carbocycles. The van der Waals surface area contributed by atoms with Gasteiger partial charge in [-0.1, -0.05) is 0 Å². The summed E-state index contributed by atoms with van der Waals surface area (Å²) in [6, 6.07) is 0. The zero-order valence-corrected chi connectivity index (χ0v) is 18.7. The number of hydrogen-bond acceptors (Lipinski definition) is 9. The van der Waals surface area contributed by atoms with Gasteiger partial charge in [0.1, 0.15) is 17.1 Å². The number of nitrogens with zero attached hydrogens (tertiary/aromatic N) is 7. The molecule has 0 unspecified atom stereocenters. The molecule has 2 aromatic heterocycles. The summed E-state index contributed by atoms with van der Waals surface area (Å²) in [5.74, 6) is 1.34. The summed E-state index contributed by atoms with van der Waals surface area (Å²) in [5.41, 5.74) is 2.18. The van der Waals surface area contributed by atoms with E-state index in [9.17, 15) is 4.79 Å². The molecule has 2 aromatic rings. The van der Waals surface area contributed by atoms with Crippen molar-refractivity contribution in [1.82, 2.24) is 24.8 Å². The summed E-state index contributed by atoms with van der Waals surface area (Å²) in [5, 5.41) is 0. The number of anilines is 2. The maximum absolute atomic E-state index is 12.8. The Balaban J connectivity index is 1.33. The number of fused-ring (bicyclic) bond motifs is 2. The van der Waals surface area contributed by atoms with Gasteiger partial charge in [0.25, 0.3) is 5.91 Å². The van der Waals surface area contributed by atoms with Gasteiger partial charge < -0.3 is 24.2 Å². The number of carbonyl (C=O) groups is 1. The van der Waals surface area contributed by atoms with Crippen molar-refractivity contribution in [2.24, 2.45) is 0 Å². The second-order valence-electron chi connectivity index (χ2n) is 8.69. The first-order chi connectivity index (χ1) is 15.6. The molecule has 2 saturated heterocycles. The van der Waals surface area contributed by atoms with Crippen molar-refractivity contribution in [2.45, 2.75) is 24.9 Å². The minimum atomic E-state index is -0.396. The number of amides is 1. The summed E-state index contributed by atoms with van der Waals surface area (Å²) < 4.78 is 11.7. The van der Waals surface area contributed by atoms with E-state index in [1.807, 2.05) is 25.2 Å². The molecule has 3 aliphatic rings. The van der Waals surface area contributed by atoms with Gasteiger partial charge in [-0.3, -0.25) is 9.78 Å². The van der Waals surface area contributed by atoms with Crippen LogP contribution in [0.4, 0.5) is 11.8 Å². The number of rotatable bonds is 3. The Bertz CT molecular complexity index is 985. The monoisotopic (exact) mass is 439 g/mol. The van der Waals surface area contributed by atoms with E-state index in [1.165, 1.54) is 5.56 Å². The minimum absolute atomic E-state index is 0.0893. The SMILES string of the molecule is CN(C)c1ncc2c(n1)C1(CCN(c3cncc(C(=O)N4CCOCC4)n3)CC1)OCC2. The van der Waals surface area contributed by atoms with Gasteiger partial charge in [-0.05, 0) is 24.8 Å². The van der Waals surface area contributed by atoms with Gasteiger partial charge in [0.2, 0.25) is 5.95 Å². The van der Waals surface area contributed by atoms with Crippen molar-refractivity contribution in [3.8, 4) is 0 Å². The molecule has 0 aromatic carbocycles. The van der Waals surface area contributed by atoms with Crippen molar-refractivity contribution in [1.29, 1.82) is 0 Å². The van der Waals surface area contributed by atoms with Crippen LogP contribution < -0.4 is 9.80 Å². The van der Waals surface area contributed by atoms with Crippen LogP contribution in [0.1, 0.15) is 34.6 Å². The molecule has 2 fully saturated rings.